The molecular formula is C11H12ClN3O4. The van der Waals surface area contributed by atoms with Crippen molar-refractivity contribution in [2.75, 3.05) is 5.32 Å². The molecule has 0 radical (unpaired) electrons. The molecule has 0 aliphatic carbocycles. The molecule has 5 N–H and O–H groups in total. The summed E-state index contributed by atoms with van der Waals surface area (Å²) >= 11 is 5.67. The Bertz CT molecular complexity index is 489. The van der Waals surface area contributed by atoms with Crippen molar-refractivity contribution in [1.82, 2.24) is 5.32 Å². The molecule has 0 aliphatic rings. The third kappa shape index (κ3) is 5.26. The smallest absolute Gasteiger partial charge is 0.326 e. The van der Waals surface area contributed by atoms with Gasteiger partial charge in [0.05, 0.1) is 6.42 Å². The van der Waals surface area contributed by atoms with E-state index in [9.17, 15) is 14.4 Å². The van der Waals surface area contributed by atoms with Crippen LogP contribution in [-0.2, 0) is 9.59 Å². The number of nitrogens with two attached hydrogens (primary N) is 1. The molecular weight excluding hydrogens is 274 g/mol. The molecule has 0 aliphatic heterocycles. The van der Waals surface area contributed by atoms with E-state index in [4.69, 9.17) is 22.4 Å². The van der Waals surface area contributed by atoms with E-state index in [1.165, 1.54) is 0 Å². The zero-order valence-corrected chi connectivity index (χ0v) is 10.5. The summed E-state index contributed by atoms with van der Waals surface area (Å²) in [5.41, 5.74) is 5.32. The van der Waals surface area contributed by atoms with Gasteiger partial charge in [-0.3, -0.25) is 4.79 Å². The summed E-state index contributed by atoms with van der Waals surface area (Å²) in [5.74, 6) is -2.16. The maximum atomic E-state index is 11.5. The topological polar surface area (TPSA) is 122 Å². The van der Waals surface area contributed by atoms with Gasteiger partial charge >= 0.3 is 12.0 Å². The second-order valence-electron chi connectivity index (χ2n) is 3.67. The molecule has 1 atom stereocenters. The normalized spacial score (nSPS) is 11.4. The Morgan fingerprint density at radius 3 is 2.32 bits per heavy atom. The average molecular weight is 286 g/mol. The highest BCUT2D eigenvalue weighted by Gasteiger charge is 2.21. The van der Waals surface area contributed by atoms with E-state index in [1.807, 2.05) is 0 Å². The van der Waals surface area contributed by atoms with E-state index < -0.39 is 30.4 Å². The fraction of sp³-hybridized carbons (Fsp3) is 0.182. The van der Waals surface area contributed by atoms with E-state index in [1.54, 1.807) is 24.3 Å². The maximum Gasteiger partial charge on any atom is 0.326 e. The summed E-state index contributed by atoms with van der Waals surface area (Å²) in [6, 6.07) is 4.10. The van der Waals surface area contributed by atoms with E-state index >= 15 is 0 Å². The molecule has 7 nitrogen and oxygen atoms in total. The standard InChI is InChI=1S/C11H12ClN3O4/c12-6-1-3-7(4-2-6)14-11(19)15-8(10(17)18)5-9(13)16/h1-4,8H,5H2,(H2,13,16)(H,17,18)(H2,14,15,19). The van der Waals surface area contributed by atoms with Crippen LogP contribution in [0.25, 0.3) is 0 Å². The first-order valence-electron chi connectivity index (χ1n) is 5.22. The number of anilines is 1. The van der Waals surface area contributed by atoms with Crippen molar-refractivity contribution in [3.05, 3.63) is 29.3 Å². The minimum Gasteiger partial charge on any atom is -0.480 e. The first kappa shape index (κ1) is 14.8. The molecule has 0 spiro atoms. The van der Waals surface area contributed by atoms with Gasteiger partial charge in [0.15, 0.2) is 0 Å². The van der Waals surface area contributed by atoms with Crippen molar-refractivity contribution < 1.29 is 19.5 Å². The van der Waals surface area contributed by atoms with Crippen LogP contribution in [0, 0.1) is 0 Å². The second-order valence-corrected chi connectivity index (χ2v) is 4.10. The maximum absolute atomic E-state index is 11.5. The zero-order chi connectivity index (χ0) is 14.4. The van der Waals surface area contributed by atoms with Crippen LogP contribution in [0.4, 0.5) is 10.5 Å². The quantitative estimate of drug-likeness (QED) is 0.639. The van der Waals surface area contributed by atoms with E-state index in [0.717, 1.165) is 0 Å². The highest BCUT2D eigenvalue weighted by atomic mass is 35.5. The highest BCUT2D eigenvalue weighted by Crippen LogP contribution is 2.13. The van der Waals surface area contributed by atoms with Crippen LogP contribution in [0.15, 0.2) is 24.3 Å². The monoisotopic (exact) mass is 285 g/mol. The summed E-state index contributed by atoms with van der Waals surface area (Å²) in [4.78, 5) is 33.0. The number of halogens is 1. The Labute approximate surface area is 113 Å². The molecule has 0 bridgehead atoms. The molecule has 0 heterocycles. The molecule has 102 valence electrons. The Kier molecular flexibility index (Phi) is 5.13. The number of carboxylic acids is 1. The Hall–Kier alpha value is -2.28. The van der Waals surface area contributed by atoms with Crippen LogP contribution in [0.1, 0.15) is 6.42 Å². The van der Waals surface area contributed by atoms with Crippen molar-refractivity contribution in [3.8, 4) is 0 Å². The van der Waals surface area contributed by atoms with Crippen molar-refractivity contribution >= 4 is 35.2 Å². The van der Waals surface area contributed by atoms with Crippen LogP contribution < -0.4 is 16.4 Å². The van der Waals surface area contributed by atoms with Crippen LogP contribution in [-0.4, -0.2) is 29.1 Å². The third-order valence-electron chi connectivity index (χ3n) is 2.11. The summed E-state index contributed by atoms with van der Waals surface area (Å²) in [7, 11) is 0. The highest BCUT2D eigenvalue weighted by molar-refractivity contribution is 6.30. The molecule has 1 rings (SSSR count). The van der Waals surface area contributed by atoms with Crippen molar-refractivity contribution in [2.24, 2.45) is 5.73 Å². The predicted octanol–water partition coefficient (Wildman–Crippen LogP) is 0.790. The molecule has 0 saturated heterocycles. The van der Waals surface area contributed by atoms with Crippen molar-refractivity contribution in [1.29, 1.82) is 0 Å². The van der Waals surface area contributed by atoms with Gasteiger partial charge in [0.25, 0.3) is 0 Å². The van der Waals surface area contributed by atoms with Gasteiger partial charge in [-0.25, -0.2) is 9.59 Å². The van der Waals surface area contributed by atoms with Crippen molar-refractivity contribution in [3.63, 3.8) is 0 Å². The molecule has 8 heteroatoms. The molecule has 0 saturated carbocycles. The van der Waals surface area contributed by atoms with Crippen molar-refractivity contribution in [2.45, 2.75) is 12.5 Å². The Balaban J connectivity index is 2.59. The lowest BCUT2D eigenvalue weighted by atomic mass is 10.2. The fourth-order valence-corrected chi connectivity index (χ4v) is 1.39. The average Bonchev–Trinajstić information content (AvgIpc) is 2.30. The molecule has 1 aromatic rings. The number of carboxylic acid groups (broad SMARTS) is 1. The number of urea groups is 1. The van der Waals surface area contributed by atoms with Gasteiger partial charge in [-0.2, -0.15) is 0 Å². The lowest BCUT2D eigenvalue weighted by molar-refractivity contribution is -0.140. The van der Waals surface area contributed by atoms with Crippen LogP contribution in [0.2, 0.25) is 5.02 Å². The molecule has 0 fully saturated rings. The largest absolute Gasteiger partial charge is 0.480 e. The summed E-state index contributed by atoms with van der Waals surface area (Å²) in [6.07, 6.45) is -0.483. The van der Waals surface area contributed by atoms with Gasteiger partial charge in [-0.15, -0.1) is 0 Å². The van der Waals surface area contributed by atoms with Gasteiger partial charge in [0, 0.05) is 10.7 Å². The molecule has 19 heavy (non-hydrogen) atoms. The van der Waals surface area contributed by atoms with E-state index in [0.29, 0.717) is 10.7 Å². The molecule has 3 amide bonds. The van der Waals surface area contributed by atoms with Crippen LogP contribution >= 0.6 is 11.6 Å². The number of amides is 3. The predicted molar refractivity (Wildman–Crippen MR) is 68.8 cm³/mol. The number of hydrogen-bond donors (Lipinski definition) is 4. The van der Waals surface area contributed by atoms with E-state index in [-0.39, 0.29) is 0 Å². The number of benzene rings is 1. The first-order valence-corrected chi connectivity index (χ1v) is 5.60. The molecule has 0 aromatic heterocycles. The number of rotatable bonds is 5. The fourth-order valence-electron chi connectivity index (χ4n) is 1.26. The van der Waals surface area contributed by atoms with Gasteiger partial charge in [-0.1, -0.05) is 11.6 Å². The SMILES string of the molecule is NC(=O)CC(NC(=O)Nc1ccc(Cl)cc1)C(=O)O. The van der Waals surface area contributed by atoms with Gasteiger partial charge in [0.1, 0.15) is 6.04 Å². The minimum atomic E-state index is -1.37. The van der Waals surface area contributed by atoms with Gasteiger partial charge in [-0.05, 0) is 24.3 Å². The van der Waals surface area contributed by atoms with E-state index in [2.05, 4.69) is 10.6 Å². The third-order valence-corrected chi connectivity index (χ3v) is 2.36. The lowest BCUT2D eigenvalue weighted by Gasteiger charge is -2.13. The number of primary amides is 1. The number of nitrogens with one attached hydrogen (secondary N) is 2. The summed E-state index contributed by atoms with van der Waals surface area (Å²) in [6.45, 7) is 0. The second kappa shape index (κ2) is 6.60. The summed E-state index contributed by atoms with van der Waals surface area (Å²) < 4.78 is 0. The lowest BCUT2D eigenvalue weighted by Crippen LogP contribution is -2.45. The number of hydrogen-bond acceptors (Lipinski definition) is 3. The Morgan fingerprint density at radius 1 is 1.26 bits per heavy atom. The number of carbonyl (C=O) groups excluding carboxylic acids is 2. The first-order chi connectivity index (χ1) is 8.88. The van der Waals surface area contributed by atoms with Crippen LogP contribution in [0.3, 0.4) is 0 Å². The zero-order valence-electron chi connectivity index (χ0n) is 9.72. The summed E-state index contributed by atoms with van der Waals surface area (Å²) in [5, 5.41) is 13.8. The van der Waals surface area contributed by atoms with Crippen LogP contribution in [0.5, 0.6) is 0 Å². The van der Waals surface area contributed by atoms with Gasteiger partial charge < -0.3 is 21.5 Å². The van der Waals surface area contributed by atoms with Gasteiger partial charge in [0.2, 0.25) is 5.91 Å². The minimum absolute atomic E-state index is 0.435. The Morgan fingerprint density at radius 2 is 1.84 bits per heavy atom. The molecule has 1 unspecified atom stereocenters. The number of aliphatic carboxylic acids is 1. The number of carbonyl (C=O) groups is 3. The molecule has 1 aromatic carbocycles.